The van der Waals surface area contributed by atoms with E-state index >= 15 is 0 Å². The minimum absolute atomic E-state index is 0.0947. The van der Waals surface area contributed by atoms with E-state index in [1.54, 1.807) is 12.1 Å². The van der Waals surface area contributed by atoms with Gasteiger partial charge in [-0.1, -0.05) is 6.92 Å². The van der Waals surface area contributed by atoms with Gasteiger partial charge in [-0.05, 0) is 37.3 Å². The van der Waals surface area contributed by atoms with Gasteiger partial charge in [0.05, 0.1) is 4.92 Å². The van der Waals surface area contributed by atoms with E-state index in [2.05, 4.69) is 6.92 Å². The summed E-state index contributed by atoms with van der Waals surface area (Å²) in [6.07, 6.45) is 1.66. The van der Waals surface area contributed by atoms with Crippen LogP contribution in [0.4, 0.5) is 11.4 Å². The SMILES string of the molecule is C[C@@H]1C[C@H]1C(=O)N1c2ccc([N+](=O)[O-])cc2C[C@H]1C. The third-order valence-corrected chi connectivity index (χ3v) is 4.15. The molecule has 0 bridgehead atoms. The molecule has 2 aliphatic rings. The van der Waals surface area contributed by atoms with E-state index in [0.717, 1.165) is 17.7 Å². The van der Waals surface area contributed by atoms with Gasteiger partial charge in [-0.15, -0.1) is 0 Å². The van der Waals surface area contributed by atoms with Gasteiger partial charge in [0.2, 0.25) is 5.91 Å². The molecule has 0 saturated heterocycles. The number of carbonyl (C=O) groups is 1. The topological polar surface area (TPSA) is 63.5 Å². The summed E-state index contributed by atoms with van der Waals surface area (Å²) in [5, 5.41) is 10.8. The number of non-ortho nitro benzene ring substituents is 1. The number of hydrogen-bond donors (Lipinski definition) is 0. The summed E-state index contributed by atoms with van der Waals surface area (Å²) < 4.78 is 0. The average Bonchev–Trinajstić information content (AvgIpc) is 2.99. The minimum atomic E-state index is -0.390. The molecule has 1 fully saturated rings. The molecule has 5 nitrogen and oxygen atoms in total. The molecule has 19 heavy (non-hydrogen) atoms. The second-order valence-corrected chi connectivity index (χ2v) is 5.65. The van der Waals surface area contributed by atoms with E-state index in [0.29, 0.717) is 12.3 Å². The second kappa shape index (κ2) is 4.05. The fourth-order valence-electron chi connectivity index (χ4n) is 2.91. The van der Waals surface area contributed by atoms with Gasteiger partial charge >= 0.3 is 0 Å². The molecule has 0 radical (unpaired) electrons. The maximum Gasteiger partial charge on any atom is 0.269 e. The second-order valence-electron chi connectivity index (χ2n) is 5.65. The van der Waals surface area contributed by atoms with E-state index < -0.39 is 4.92 Å². The van der Waals surface area contributed by atoms with Crippen molar-refractivity contribution in [2.75, 3.05) is 4.90 Å². The third-order valence-electron chi connectivity index (χ3n) is 4.15. The van der Waals surface area contributed by atoms with Gasteiger partial charge < -0.3 is 4.90 Å². The van der Waals surface area contributed by atoms with Crippen LogP contribution in [0.1, 0.15) is 25.8 Å². The molecule has 1 aromatic carbocycles. The Morgan fingerprint density at radius 3 is 2.68 bits per heavy atom. The number of hydrogen-bond acceptors (Lipinski definition) is 3. The number of benzene rings is 1. The quantitative estimate of drug-likeness (QED) is 0.606. The number of anilines is 1. The van der Waals surface area contributed by atoms with E-state index in [1.807, 2.05) is 11.8 Å². The van der Waals surface area contributed by atoms with Crippen molar-refractivity contribution in [3.8, 4) is 0 Å². The lowest BCUT2D eigenvalue weighted by molar-refractivity contribution is -0.384. The summed E-state index contributed by atoms with van der Waals surface area (Å²) in [7, 11) is 0. The Morgan fingerprint density at radius 2 is 2.11 bits per heavy atom. The van der Waals surface area contributed by atoms with Crippen LogP contribution in [0, 0.1) is 22.0 Å². The first-order chi connectivity index (χ1) is 8.99. The van der Waals surface area contributed by atoms with E-state index in [4.69, 9.17) is 0 Å². The molecule has 5 heteroatoms. The molecule has 100 valence electrons. The number of rotatable bonds is 2. The predicted octanol–water partition coefficient (Wildman–Crippen LogP) is 2.53. The van der Waals surface area contributed by atoms with Gasteiger partial charge in [-0.25, -0.2) is 0 Å². The third kappa shape index (κ3) is 1.89. The van der Waals surface area contributed by atoms with E-state index in [-0.39, 0.29) is 23.6 Å². The number of carbonyl (C=O) groups excluding carboxylic acids is 1. The minimum Gasteiger partial charge on any atom is -0.309 e. The van der Waals surface area contributed by atoms with Crippen LogP contribution in [0.25, 0.3) is 0 Å². The predicted molar refractivity (Wildman–Crippen MR) is 71.0 cm³/mol. The fraction of sp³-hybridized carbons (Fsp3) is 0.500. The number of nitro benzene ring substituents is 1. The Hall–Kier alpha value is -1.91. The van der Waals surface area contributed by atoms with Crippen molar-refractivity contribution in [2.24, 2.45) is 11.8 Å². The molecule has 3 atom stereocenters. The Bertz CT molecular complexity index is 570. The van der Waals surface area contributed by atoms with Crippen LogP contribution < -0.4 is 4.90 Å². The number of nitro groups is 1. The maximum absolute atomic E-state index is 12.4. The Morgan fingerprint density at radius 1 is 1.42 bits per heavy atom. The molecule has 0 aromatic heterocycles. The Kier molecular flexibility index (Phi) is 2.59. The lowest BCUT2D eigenvalue weighted by Crippen LogP contribution is -2.37. The van der Waals surface area contributed by atoms with Crippen LogP contribution in [-0.2, 0) is 11.2 Å². The zero-order valence-corrected chi connectivity index (χ0v) is 11.0. The monoisotopic (exact) mass is 260 g/mol. The van der Waals surface area contributed by atoms with Crippen LogP contribution in [0.3, 0.4) is 0 Å². The van der Waals surface area contributed by atoms with Gasteiger partial charge in [0.25, 0.3) is 5.69 Å². The zero-order chi connectivity index (χ0) is 13.7. The van der Waals surface area contributed by atoms with Crippen LogP contribution in [0.2, 0.25) is 0 Å². The Balaban J connectivity index is 1.94. The van der Waals surface area contributed by atoms with E-state index in [9.17, 15) is 14.9 Å². The molecule has 1 aliphatic carbocycles. The first kappa shape index (κ1) is 12.1. The van der Waals surface area contributed by atoms with Gasteiger partial charge in [0.15, 0.2) is 0 Å². The average molecular weight is 260 g/mol. The summed E-state index contributed by atoms with van der Waals surface area (Å²) in [6, 6.07) is 4.88. The number of fused-ring (bicyclic) bond motifs is 1. The molecule has 1 aliphatic heterocycles. The highest BCUT2D eigenvalue weighted by molar-refractivity contribution is 5.99. The number of amides is 1. The molecular formula is C14H16N2O3. The molecule has 1 amide bonds. The highest BCUT2D eigenvalue weighted by atomic mass is 16.6. The Labute approximate surface area is 111 Å². The standard InChI is InChI=1S/C14H16N2O3/c1-8-5-12(8)14(17)15-9(2)6-10-7-11(16(18)19)3-4-13(10)15/h3-4,7-9,12H,5-6H2,1-2H3/t8-,9-,12-/m1/s1. The van der Waals surface area contributed by atoms with Crippen molar-refractivity contribution in [1.29, 1.82) is 0 Å². The molecule has 1 aromatic rings. The molecule has 0 unspecified atom stereocenters. The largest absolute Gasteiger partial charge is 0.309 e. The van der Waals surface area contributed by atoms with Crippen molar-refractivity contribution in [3.05, 3.63) is 33.9 Å². The van der Waals surface area contributed by atoms with Gasteiger partial charge in [-0.2, -0.15) is 0 Å². The van der Waals surface area contributed by atoms with Crippen LogP contribution in [0.5, 0.6) is 0 Å². The lowest BCUT2D eigenvalue weighted by atomic mass is 10.1. The lowest BCUT2D eigenvalue weighted by Gasteiger charge is -2.22. The van der Waals surface area contributed by atoms with Gasteiger partial charge in [0.1, 0.15) is 0 Å². The van der Waals surface area contributed by atoms with Crippen molar-refractivity contribution in [2.45, 2.75) is 32.7 Å². The smallest absolute Gasteiger partial charge is 0.269 e. The van der Waals surface area contributed by atoms with Crippen molar-refractivity contribution in [1.82, 2.24) is 0 Å². The van der Waals surface area contributed by atoms with Crippen LogP contribution in [-0.4, -0.2) is 16.9 Å². The molecule has 0 N–H and O–H groups in total. The molecular weight excluding hydrogens is 244 g/mol. The normalized spacial score (nSPS) is 28.1. The van der Waals surface area contributed by atoms with Crippen LogP contribution in [0.15, 0.2) is 18.2 Å². The first-order valence-electron chi connectivity index (χ1n) is 6.59. The fourth-order valence-corrected chi connectivity index (χ4v) is 2.91. The van der Waals surface area contributed by atoms with Crippen LogP contribution >= 0.6 is 0 Å². The van der Waals surface area contributed by atoms with Gasteiger partial charge in [0, 0.05) is 29.8 Å². The van der Waals surface area contributed by atoms with Gasteiger partial charge in [-0.3, -0.25) is 14.9 Å². The molecule has 0 spiro atoms. The summed E-state index contributed by atoms with van der Waals surface area (Å²) in [6.45, 7) is 4.08. The zero-order valence-electron chi connectivity index (χ0n) is 11.0. The summed E-state index contributed by atoms with van der Waals surface area (Å²) in [5.74, 6) is 0.790. The number of nitrogens with zero attached hydrogens (tertiary/aromatic N) is 2. The highest BCUT2D eigenvalue weighted by Crippen LogP contribution is 2.43. The van der Waals surface area contributed by atoms with Crippen molar-refractivity contribution >= 4 is 17.3 Å². The highest BCUT2D eigenvalue weighted by Gasteiger charge is 2.45. The summed E-state index contributed by atoms with van der Waals surface area (Å²) in [4.78, 5) is 24.6. The maximum atomic E-state index is 12.4. The molecule has 3 rings (SSSR count). The van der Waals surface area contributed by atoms with Crippen molar-refractivity contribution in [3.63, 3.8) is 0 Å². The summed E-state index contributed by atoms with van der Waals surface area (Å²) >= 11 is 0. The molecule has 1 saturated carbocycles. The van der Waals surface area contributed by atoms with E-state index in [1.165, 1.54) is 6.07 Å². The van der Waals surface area contributed by atoms with Crippen molar-refractivity contribution < 1.29 is 9.72 Å². The first-order valence-corrected chi connectivity index (χ1v) is 6.59. The summed E-state index contributed by atoms with van der Waals surface area (Å²) in [5.41, 5.74) is 1.85. The molecule has 1 heterocycles.